The Morgan fingerprint density at radius 2 is 1.73 bits per heavy atom. The second kappa shape index (κ2) is 15.1. The number of carbonyl (C=O) groups excluding carboxylic acids is 2. The van der Waals surface area contributed by atoms with Gasteiger partial charge in [0.1, 0.15) is 6.61 Å². The molecule has 48 heavy (non-hydrogen) atoms. The summed E-state index contributed by atoms with van der Waals surface area (Å²) in [5, 5.41) is 21.0. The number of aliphatic hydroxyl groups is 1. The minimum absolute atomic E-state index is 0.0930. The largest absolute Gasteiger partial charge is 0.503 e. The summed E-state index contributed by atoms with van der Waals surface area (Å²) < 4.78 is 12.3. The van der Waals surface area contributed by atoms with Crippen LogP contribution in [0.15, 0.2) is 119 Å². The molecule has 0 radical (unpaired) electrons. The van der Waals surface area contributed by atoms with Crippen LogP contribution in [0.1, 0.15) is 28.3 Å². The first-order valence-corrected chi connectivity index (χ1v) is 17.2. The third-order valence-electron chi connectivity index (χ3n) is 7.41. The summed E-state index contributed by atoms with van der Waals surface area (Å²) in [6, 6.07) is 28.3. The van der Waals surface area contributed by atoms with E-state index in [0.29, 0.717) is 43.8 Å². The van der Waals surface area contributed by atoms with Crippen LogP contribution in [0.25, 0.3) is 6.08 Å². The highest BCUT2D eigenvalue weighted by atomic mass is 35.5. The van der Waals surface area contributed by atoms with Gasteiger partial charge in [-0.05, 0) is 52.6 Å². The molecule has 1 amide bonds. The molecule has 12 heteroatoms. The minimum Gasteiger partial charge on any atom is -0.503 e. The highest BCUT2D eigenvalue weighted by Gasteiger charge is 2.45. The Labute approximate surface area is 295 Å². The quantitative estimate of drug-likeness (QED) is 0.0776. The summed E-state index contributed by atoms with van der Waals surface area (Å²) in [6.07, 6.45) is 2.98. The number of thioether (sulfide) groups is 1. The second-order valence-corrected chi connectivity index (χ2v) is 13.5. The number of allylic oxidation sites excluding steroid dienone is 1. The molecule has 0 bridgehead atoms. The van der Waals surface area contributed by atoms with E-state index >= 15 is 0 Å². The fourth-order valence-electron chi connectivity index (χ4n) is 5.04. The van der Waals surface area contributed by atoms with Crippen molar-refractivity contribution in [3.8, 4) is 11.5 Å². The first-order chi connectivity index (χ1) is 23.3. The summed E-state index contributed by atoms with van der Waals surface area (Å²) >= 11 is 14.9. The van der Waals surface area contributed by atoms with Crippen molar-refractivity contribution in [1.82, 2.24) is 10.2 Å². The standard InChI is InChI=1S/C36H27Cl2N3O5S2/c1-45-30-18-24(14-17-29(30)46-20-23-10-6-3-7-11-23)32-31(28(42)16-12-22-8-4-2-5-9-22)33(43)34(44)41(32)35-39-40-36(48-35)47-21-25-13-15-26(37)19-27(25)38/h2-19,32,43H,20-21H2,1H3. The normalized spacial score (nSPS) is 14.6. The molecule has 1 aliphatic rings. The number of hydrogen-bond donors (Lipinski definition) is 1. The number of nitrogens with zero attached hydrogens (tertiary/aromatic N) is 3. The Bertz CT molecular complexity index is 2020. The van der Waals surface area contributed by atoms with Gasteiger partial charge in [0.05, 0.1) is 18.7 Å². The SMILES string of the molecule is COc1cc(C2C(C(=O)C=Cc3ccccc3)=C(O)C(=O)N2c2nnc(SCc3ccc(Cl)cc3Cl)s2)ccc1OCc1ccccc1. The van der Waals surface area contributed by atoms with Gasteiger partial charge in [-0.15, -0.1) is 10.2 Å². The molecule has 4 aromatic carbocycles. The van der Waals surface area contributed by atoms with Crippen molar-refractivity contribution in [3.05, 3.63) is 147 Å². The van der Waals surface area contributed by atoms with E-state index in [1.165, 1.54) is 29.8 Å². The lowest BCUT2D eigenvalue weighted by Gasteiger charge is -2.24. The van der Waals surface area contributed by atoms with Gasteiger partial charge in [-0.25, -0.2) is 0 Å². The molecule has 1 atom stereocenters. The molecule has 8 nitrogen and oxygen atoms in total. The number of methoxy groups -OCH3 is 1. The number of ether oxygens (including phenoxy) is 2. The highest BCUT2D eigenvalue weighted by Crippen LogP contribution is 2.45. The molecule has 0 spiro atoms. The summed E-state index contributed by atoms with van der Waals surface area (Å²) in [4.78, 5) is 28.7. The maximum atomic E-state index is 13.7. The van der Waals surface area contributed by atoms with E-state index in [1.807, 2.05) is 66.7 Å². The van der Waals surface area contributed by atoms with Crippen LogP contribution in [0.3, 0.4) is 0 Å². The Balaban J connectivity index is 1.33. The lowest BCUT2D eigenvalue weighted by Crippen LogP contribution is -2.30. The number of aromatic nitrogens is 2. The van der Waals surface area contributed by atoms with Gasteiger partial charge in [-0.1, -0.05) is 125 Å². The summed E-state index contributed by atoms with van der Waals surface area (Å²) in [7, 11) is 1.51. The van der Waals surface area contributed by atoms with Crippen LogP contribution in [0, 0.1) is 0 Å². The fourth-order valence-corrected chi connectivity index (χ4v) is 7.47. The Morgan fingerprint density at radius 1 is 0.979 bits per heavy atom. The number of aliphatic hydroxyl groups excluding tert-OH is 1. The van der Waals surface area contributed by atoms with Crippen LogP contribution in [-0.4, -0.2) is 34.1 Å². The zero-order valence-corrected chi connectivity index (χ0v) is 28.5. The van der Waals surface area contributed by atoms with Crippen molar-refractivity contribution in [3.63, 3.8) is 0 Å². The van der Waals surface area contributed by atoms with Crippen LogP contribution in [0.5, 0.6) is 11.5 Å². The minimum atomic E-state index is -1.03. The molecule has 5 aromatic rings. The van der Waals surface area contributed by atoms with Gasteiger partial charge < -0.3 is 14.6 Å². The van der Waals surface area contributed by atoms with Gasteiger partial charge in [0.25, 0.3) is 5.91 Å². The molecule has 0 saturated carbocycles. The number of rotatable bonds is 12. The molecule has 0 aliphatic carbocycles. The van der Waals surface area contributed by atoms with Crippen LogP contribution < -0.4 is 14.4 Å². The summed E-state index contributed by atoms with van der Waals surface area (Å²) in [5.41, 5.74) is 3.04. The zero-order valence-electron chi connectivity index (χ0n) is 25.4. The molecule has 1 aromatic heterocycles. The Morgan fingerprint density at radius 3 is 2.46 bits per heavy atom. The predicted octanol–water partition coefficient (Wildman–Crippen LogP) is 8.91. The average molecular weight is 717 g/mol. The molecule has 2 heterocycles. The number of hydrogen-bond acceptors (Lipinski definition) is 9. The van der Waals surface area contributed by atoms with E-state index in [9.17, 15) is 14.7 Å². The van der Waals surface area contributed by atoms with Gasteiger partial charge in [0.15, 0.2) is 27.4 Å². The molecule has 1 unspecified atom stereocenters. The number of carbonyl (C=O) groups is 2. The van der Waals surface area contributed by atoms with Crippen LogP contribution in [0.2, 0.25) is 10.0 Å². The number of anilines is 1. The van der Waals surface area contributed by atoms with Gasteiger partial charge in [-0.3, -0.25) is 14.5 Å². The van der Waals surface area contributed by atoms with Gasteiger partial charge in [0.2, 0.25) is 5.13 Å². The molecule has 6 rings (SSSR count). The van der Waals surface area contributed by atoms with Crippen LogP contribution in [-0.2, 0) is 21.9 Å². The first kappa shape index (κ1) is 33.3. The van der Waals surface area contributed by atoms with E-state index in [4.69, 9.17) is 32.7 Å². The van der Waals surface area contributed by atoms with Crippen molar-refractivity contribution in [2.45, 2.75) is 22.7 Å². The van der Waals surface area contributed by atoms with Gasteiger partial charge in [-0.2, -0.15) is 0 Å². The van der Waals surface area contributed by atoms with E-state index in [2.05, 4.69) is 10.2 Å². The number of halogens is 2. The monoisotopic (exact) mass is 715 g/mol. The lowest BCUT2D eigenvalue weighted by atomic mass is 9.95. The predicted molar refractivity (Wildman–Crippen MR) is 190 cm³/mol. The smallest absolute Gasteiger partial charge is 0.296 e. The fraction of sp³-hybridized carbons (Fsp3) is 0.111. The topological polar surface area (TPSA) is 102 Å². The van der Waals surface area contributed by atoms with E-state index < -0.39 is 23.5 Å². The third-order valence-corrected chi connectivity index (χ3v) is 10.1. The van der Waals surface area contributed by atoms with Crippen molar-refractivity contribution in [2.75, 3.05) is 12.0 Å². The van der Waals surface area contributed by atoms with Crippen molar-refractivity contribution in [1.29, 1.82) is 0 Å². The maximum absolute atomic E-state index is 13.7. The molecular weight excluding hydrogens is 689 g/mol. The third kappa shape index (κ3) is 7.42. The van der Waals surface area contributed by atoms with Crippen LogP contribution >= 0.6 is 46.3 Å². The lowest BCUT2D eigenvalue weighted by molar-refractivity contribution is -0.117. The van der Waals surface area contributed by atoms with Crippen molar-refractivity contribution in [2.24, 2.45) is 0 Å². The zero-order chi connectivity index (χ0) is 33.6. The number of ketones is 1. The molecule has 242 valence electrons. The number of benzene rings is 4. The summed E-state index contributed by atoms with van der Waals surface area (Å²) in [6.45, 7) is 0.311. The number of amides is 1. The van der Waals surface area contributed by atoms with Crippen molar-refractivity contribution >= 4 is 69.2 Å². The van der Waals surface area contributed by atoms with Gasteiger partial charge in [0, 0.05) is 15.8 Å². The summed E-state index contributed by atoms with van der Waals surface area (Å²) in [5.74, 6) is -0.612. The molecule has 0 fully saturated rings. The first-order valence-electron chi connectivity index (χ1n) is 14.6. The molecular formula is C36H27Cl2N3O5S2. The molecule has 1 aliphatic heterocycles. The second-order valence-electron chi connectivity index (χ2n) is 10.5. The van der Waals surface area contributed by atoms with E-state index in [0.717, 1.165) is 28.0 Å². The van der Waals surface area contributed by atoms with Gasteiger partial charge >= 0.3 is 0 Å². The average Bonchev–Trinajstić information content (AvgIpc) is 3.68. The molecule has 1 N–H and O–H groups in total. The molecule has 0 saturated heterocycles. The Kier molecular flexibility index (Phi) is 10.5. The maximum Gasteiger partial charge on any atom is 0.296 e. The Hall–Kier alpha value is -4.61. The van der Waals surface area contributed by atoms with E-state index in [1.54, 1.807) is 36.4 Å². The van der Waals surface area contributed by atoms with Crippen molar-refractivity contribution < 1.29 is 24.2 Å². The van der Waals surface area contributed by atoms with Crippen LogP contribution in [0.4, 0.5) is 5.13 Å². The van der Waals surface area contributed by atoms with E-state index in [-0.39, 0.29) is 10.7 Å². The highest BCUT2D eigenvalue weighted by molar-refractivity contribution is 8.00.